The molecule has 0 rings (SSSR count). The van der Waals surface area contributed by atoms with Gasteiger partial charge in [-0.2, -0.15) is 0 Å². The molecule has 0 N–H and O–H groups in total. The molecular weight excluding hydrogens is 128 g/mol. The molecule has 0 atom stereocenters. The Balaban J connectivity index is 3.38. The summed E-state index contributed by atoms with van der Waals surface area (Å²) in [6.07, 6.45) is 5.74. The van der Waals surface area contributed by atoms with Gasteiger partial charge in [-0.05, 0) is 6.42 Å². The number of hydrogen-bond acceptors (Lipinski definition) is 2. The average molecular weight is 140 g/mol. The zero-order valence-electron chi connectivity index (χ0n) is 6.17. The van der Waals surface area contributed by atoms with Crippen molar-refractivity contribution in [3.05, 3.63) is 12.2 Å². The van der Waals surface area contributed by atoms with Gasteiger partial charge in [0.2, 0.25) is 0 Å². The maximum absolute atomic E-state index is 10.6. The monoisotopic (exact) mass is 140 g/mol. The first kappa shape index (κ1) is 9.08. The lowest BCUT2D eigenvalue weighted by Gasteiger charge is -1.86. The van der Waals surface area contributed by atoms with Crippen molar-refractivity contribution in [1.82, 2.24) is 0 Å². The first-order valence-corrected chi connectivity index (χ1v) is 3.41. The third-order valence-corrected chi connectivity index (χ3v) is 1.06. The van der Waals surface area contributed by atoms with E-state index in [1.54, 1.807) is 6.08 Å². The third-order valence-electron chi connectivity index (χ3n) is 1.06. The second kappa shape index (κ2) is 6.20. The van der Waals surface area contributed by atoms with Crippen molar-refractivity contribution in [2.75, 3.05) is 0 Å². The van der Waals surface area contributed by atoms with Gasteiger partial charge in [0.1, 0.15) is 12.1 Å². The number of rotatable bonds is 5. The number of ketones is 1. The number of Topliss-reactive ketones (excluding diaryl/α,β-unsaturated/α-hetero) is 1. The van der Waals surface area contributed by atoms with Gasteiger partial charge in [0.25, 0.3) is 0 Å². The van der Waals surface area contributed by atoms with Crippen LogP contribution >= 0.6 is 0 Å². The van der Waals surface area contributed by atoms with Crippen LogP contribution < -0.4 is 0 Å². The Labute approximate surface area is 60.9 Å². The molecule has 0 radical (unpaired) electrons. The largest absolute Gasteiger partial charge is 0.303 e. The second-order valence-electron chi connectivity index (χ2n) is 1.99. The number of carbonyl (C=O) groups excluding carboxylic acids is 2. The topological polar surface area (TPSA) is 34.1 Å². The fraction of sp³-hybridized carbons (Fsp3) is 0.500. The van der Waals surface area contributed by atoms with Crippen LogP contribution in [-0.4, -0.2) is 12.1 Å². The highest BCUT2D eigenvalue weighted by Crippen LogP contribution is 1.90. The highest BCUT2D eigenvalue weighted by Gasteiger charge is 1.94. The van der Waals surface area contributed by atoms with Crippen LogP contribution in [0.2, 0.25) is 0 Å². The Morgan fingerprint density at radius 1 is 1.30 bits per heavy atom. The van der Waals surface area contributed by atoms with Crippen molar-refractivity contribution in [3.8, 4) is 0 Å². The van der Waals surface area contributed by atoms with Gasteiger partial charge in [0.15, 0.2) is 0 Å². The van der Waals surface area contributed by atoms with E-state index in [0.29, 0.717) is 12.7 Å². The van der Waals surface area contributed by atoms with E-state index in [1.165, 1.54) is 0 Å². The molecule has 0 aliphatic carbocycles. The Hall–Kier alpha value is -0.920. The van der Waals surface area contributed by atoms with Crippen LogP contribution in [-0.2, 0) is 9.59 Å². The van der Waals surface area contributed by atoms with Crippen LogP contribution in [0.25, 0.3) is 0 Å². The van der Waals surface area contributed by atoms with Gasteiger partial charge in [0, 0.05) is 6.42 Å². The highest BCUT2D eigenvalue weighted by molar-refractivity contribution is 5.90. The van der Waals surface area contributed by atoms with Crippen molar-refractivity contribution in [2.24, 2.45) is 0 Å². The molecule has 0 aromatic carbocycles. The van der Waals surface area contributed by atoms with Crippen molar-refractivity contribution >= 4 is 12.1 Å². The van der Waals surface area contributed by atoms with E-state index in [4.69, 9.17) is 0 Å². The summed E-state index contributed by atoms with van der Waals surface area (Å²) in [6.45, 7) is 2.00. The molecule has 0 saturated heterocycles. The van der Waals surface area contributed by atoms with Crippen LogP contribution in [0.5, 0.6) is 0 Å². The average Bonchev–Trinajstić information content (AvgIpc) is 1.89. The fourth-order valence-corrected chi connectivity index (χ4v) is 0.558. The zero-order chi connectivity index (χ0) is 7.82. The summed E-state index contributed by atoms with van der Waals surface area (Å²) in [4.78, 5) is 20.4. The summed E-state index contributed by atoms with van der Waals surface area (Å²) in [5.41, 5.74) is 0. The number of allylic oxidation sites excluding steroid dienone is 2. The van der Waals surface area contributed by atoms with E-state index >= 15 is 0 Å². The smallest absolute Gasteiger partial charge is 0.143 e. The lowest BCUT2D eigenvalue weighted by atomic mass is 10.2. The molecule has 0 heterocycles. The normalized spacial score (nSPS) is 10.1. The lowest BCUT2D eigenvalue weighted by molar-refractivity contribution is -0.121. The predicted octanol–water partition coefficient (Wildman–Crippen LogP) is 1.50. The van der Waals surface area contributed by atoms with Crippen molar-refractivity contribution in [2.45, 2.75) is 26.2 Å². The van der Waals surface area contributed by atoms with Gasteiger partial charge in [-0.25, -0.2) is 0 Å². The first-order valence-electron chi connectivity index (χ1n) is 3.41. The van der Waals surface area contributed by atoms with E-state index in [1.807, 2.05) is 13.0 Å². The molecule has 0 aromatic rings. The maximum atomic E-state index is 10.6. The quantitative estimate of drug-likeness (QED) is 0.329. The molecule has 0 amide bonds. The van der Waals surface area contributed by atoms with E-state index in [-0.39, 0.29) is 12.2 Å². The molecule has 0 bridgehead atoms. The number of hydrogen-bond donors (Lipinski definition) is 0. The summed E-state index contributed by atoms with van der Waals surface area (Å²) in [5, 5.41) is 0. The van der Waals surface area contributed by atoms with Gasteiger partial charge < -0.3 is 4.79 Å². The van der Waals surface area contributed by atoms with Crippen molar-refractivity contribution < 1.29 is 9.59 Å². The summed E-state index contributed by atoms with van der Waals surface area (Å²) in [7, 11) is 0. The molecule has 0 saturated carbocycles. The van der Waals surface area contributed by atoms with Crippen LogP contribution in [0.15, 0.2) is 12.2 Å². The van der Waals surface area contributed by atoms with Gasteiger partial charge >= 0.3 is 0 Å². The summed E-state index contributed by atoms with van der Waals surface area (Å²) >= 11 is 0. The third kappa shape index (κ3) is 5.22. The molecule has 0 spiro atoms. The standard InChI is InChI=1S/C8H12O2/c1-2-3-4-5-8(10)6-7-9/h3-4,7H,2,5-6H2,1H3. The van der Waals surface area contributed by atoms with Gasteiger partial charge in [0.05, 0.1) is 6.42 Å². The van der Waals surface area contributed by atoms with Crippen LogP contribution in [0.4, 0.5) is 0 Å². The molecule has 0 aliphatic heterocycles. The molecule has 0 aromatic heterocycles. The van der Waals surface area contributed by atoms with Crippen LogP contribution in [0.3, 0.4) is 0 Å². The van der Waals surface area contributed by atoms with Crippen molar-refractivity contribution in [1.29, 1.82) is 0 Å². The predicted molar refractivity (Wildman–Crippen MR) is 39.7 cm³/mol. The molecule has 2 nitrogen and oxygen atoms in total. The minimum absolute atomic E-state index is 0.0142. The summed E-state index contributed by atoms with van der Waals surface area (Å²) < 4.78 is 0. The summed E-state index contributed by atoms with van der Waals surface area (Å²) in [5.74, 6) is -0.0142. The Bertz CT molecular complexity index is 136. The minimum Gasteiger partial charge on any atom is -0.303 e. The van der Waals surface area contributed by atoms with Crippen molar-refractivity contribution in [3.63, 3.8) is 0 Å². The van der Waals surface area contributed by atoms with E-state index in [2.05, 4.69) is 0 Å². The van der Waals surface area contributed by atoms with E-state index < -0.39 is 0 Å². The van der Waals surface area contributed by atoms with Crippen LogP contribution in [0, 0.1) is 0 Å². The molecular formula is C8H12O2. The van der Waals surface area contributed by atoms with Gasteiger partial charge in [-0.3, -0.25) is 4.79 Å². The Kier molecular flexibility index (Phi) is 5.63. The minimum atomic E-state index is -0.0142. The van der Waals surface area contributed by atoms with Gasteiger partial charge in [-0.1, -0.05) is 19.1 Å². The lowest BCUT2D eigenvalue weighted by Crippen LogP contribution is -1.94. The maximum Gasteiger partial charge on any atom is 0.143 e. The second-order valence-corrected chi connectivity index (χ2v) is 1.99. The molecule has 0 fully saturated rings. The molecule has 0 unspecified atom stereocenters. The fourth-order valence-electron chi connectivity index (χ4n) is 0.558. The van der Waals surface area contributed by atoms with E-state index in [0.717, 1.165) is 6.42 Å². The summed E-state index contributed by atoms with van der Waals surface area (Å²) in [6, 6.07) is 0. The number of carbonyl (C=O) groups is 2. The molecule has 10 heavy (non-hydrogen) atoms. The molecule has 0 aliphatic rings. The zero-order valence-corrected chi connectivity index (χ0v) is 6.17. The van der Waals surface area contributed by atoms with Gasteiger partial charge in [-0.15, -0.1) is 0 Å². The first-order chi connectivity index (χ1) is 4.81. The Morgan fingerprint density at radius 2 is 2.00 bits per heavy atom. The number of aldehydes is 1. The molecule has 56 valence electrons. The molecule has 2 heteroatoms. The SMILES string of the molecule is CCC=CCC(=O)CC=O. The highest BCUT2D eigenvalue weighted by atomic mass is 16.1. The van der Waals surface area contributed by atoms with Crippen LogP contribution in [0.1, 0.15) is 26.2 Å². The Morgan fingerprint density at radius 3 is 2.50 bits per heavy atom. The van der Waals surface area contributed by atoms with E-state index in [9.17, 15) is 9.59 Å².